The molecule has 0 atom stereocenters. The van der Waals surface area contributed by atoms with Gasteiger partial charge in [0.1, 0.15) is 5.75 Å². The molecular formula is C11H10BrNO. The van der Waals surface area contributed by atoms with Gasteiger partial charge in [0.2, 0.25) is 0 Å². The van der Waals surface area contributed by atoms with Crippen LogP contribution in [0.1, 0.15) is 6.92 Å². The number of pyridine rings is 1. The van der Waals surface area contributed by atoms with Gasteiger partial charge in [-0.05, 0) is 35.0 Å². The lowest BCUT2D eigenvalue weighted by atomic mass is 10.2. The molecular weight excluding hydrogens is 242 g/mol. The molecule has 0 aliphatic rings. The standard InChI is InChI=1S/C11H10BrNO/c1-2-14-11-8-5-3-4-6-10(8)13-7-9(11)12/h3-7H,2H2,1H3. The molecule has 1 aromatic heterocycles. The third-order valence-corrected chi connectivity index (χ3v) is 2.54. The van der Waals surface area contributed by atoms with Gasteiger partial charge in [0, 0.05) is 11.6 Å². The molecule has 0 unspecified atom stereocenters. The summed E-state index contributed by atoms with van der Waals surface area (Å²) < 4.78 is 6.46. The van der Waals surface area contributed by atoms with Gasteiger partial charge in [-0.25, -0.2) is 0 Å². The summed E-state index contributed by atoms with van der Waals surface area (Å²) in [5.74, 6) is 0.873. The topological polar surface area (TPSA) is 22.1 Å². The number of aromatic nitrogens is 1. The molecule has 0 saturated carbocycles. The summed E-state index contributed by atoms with van der Waals surface area (Å²) in [6.45, 7) is 2.63. The number of fused-ring (bicyclic) bond motifs is 1. The fourth-order valence-corrected chi connectivity index (χ4v) is 1.81. The van der Waals surface area contributed by atoms with Crippen LogP contribution in [0.15, 0.2) is 34.9 Å². The Morgan fingerprint density at radius 3 is 2.93 bits per heavy atom. The largest absolute Gasteiger partial charge is 0.492 e. The number of hydrogen-bond acceptors (Lipinski definition) is 2. The quantitative estimate of drug-likeness (QED) is 0.817. The number of hydrogen-bond donors (Lipinski definition) is 0. The minimum absolute atomic E-state index is 0.659. The maximum Gasteiger partial charge on any atom is 0.144 e. The van der Waals surface area contributed by atoms with E-state index in [1.807, 2.05) is 31.2 Å². The zero-order chi connectivity index (χ0) is 9.97. The highest BCUT2D eigenvalue weighted by atomic mass is 79.9. The van der Waals surface area contributed by atoms with Crippen molar-refractivity contribution in [2.75, 3.05) is 6.61 Å². The Bertz CT molecular complexity index is 456. The van der Waals surface area contributed by atoms with Crippen molar-refractivity contribution in [3.63, 3.8) is 0 Å². The molecule has 0 aliphatic heterocycles. The van der Waals surface area contributed by atoms with Crippen LogP contribution < -0.4 is 4.74 Å². The van der Waals surface area contributed by atoms with Gasteiger partial charge < -0.3 is 4.74 Å². The predicted octanol–water partition coefficient (Wildman–Crippen LogP) is 3.40. The molecule has 0 saturated heterocycles. The monoisotopic (exact) mass is 251 g/mol. The highest BCUT2D eigenvalue weighted by Gasteiger charge is 2.06. The Labute approximate surface area is 91.0 Å². The smallest absolute Gasteiger partial charge is 0.144 e. The summed E-state index contributed by atoms with van der Waals surface area (Å²) >= 11 is 3.43. The zero-order valence-electron chi connectivity index (χ0n) is 7.83. The van der Waals surface area contributed by atoms with Crippen LogP contribution in [-0.4, -0.2) is 11.6 Å². The highest BCUT2D eigenvalue weighted by molar-refractivity contribution is 9.10. The minimum atomic E-state index is 0.659. The second-order valence-corrected chi connectivity index (χ2v) is 3.74. The Morgan fingerprint density at radius 2 is 2.14 bits per heavy atom. The lowest BCUT2D eigenvalue weighted by Crippen LogP contribution is -1.94. The molecule has 1 aromatic carbocycles. The molecule has 0 N–H and O–H groups in total. The summed E-state index contributed by atoms with van der Waals surface area (Å²) in [6.07, 6.45) is 1.77. The fourth-order valence-electron chi connectivity index (χ4n) is 1.38. The van der Waals surface area contributed by atoms with Gasteiger partial charge in [-0.15, -0.1) is 0 Å². The number of rotatable bonds is 2. The first-order valence-electron chi connectivity index (χ1n) is 4.49. The van der Waals surface area contributed by atoms with Gasteiger partial charge >= 0.3 is 0 Å². The van der Waals surface area contributed by atoms with Crippen molar-refractivity contribution in [3.05, 3.63) is 34.9 Å². The SMILES string of the molecule is CCOc1c(Br)cnc2ccccc12. The van der Waals surface area contributed by atoms with Crippen molar-refractivity contribution in [1.82, 2.24) is 4.98 Å². The Kier molecular flexibility index (Phi) is 2.68. The summed E-state index contributed by atoms with van der Waals surface area (Å²) in [7, 11) is 0. The van der Waals surface area contributed by atoms with E-state index >= 15 is 0 Å². The molecule has 2 nitrogen and oxygen atoms in total. The number of ether oxygens (including phenoxy) is 1. The van der Waals surface area contributed by atoms with E-state index in [9.17, 15) is 0 Å². The van der Waals surface area contributed by atoms with Crippen LogP contribution in [-0.2, 0) is 0 Å². The highest BCUT2D eigenvalue weighted by Crippen LogP contribution is 2.31. The van der Waals surface area contributed by atoms with Crippen LogP contribution in [0.3, 0.4) is 0 Å². The maximum atomic E-state index is 5.56. The number of para-hydroxylation sites is 1. The summed E-state index contributed by atoms with van der Waals surface area (Å²) in [4.78, 5) is 4.30. The van der Waals surface area contributed by atoms with E-state index in [2.05, 4.69) is 20.9 Å². The molecule has 2 rings (SSSR count). The average molecular weight is 252 g/mol. The van der Waals surface area contributed by atoms with Crippen LogP contribution in [0.25, 0.3) is 10.9 Å². The van der Waals surface area contributed by atoms with E-state index in [1.54, 1.807) is 6.20 Å². The molecule has 0 spiro atoms. The van der Waals surface area contributed by atoms with E-state index in [1.165, 1.54) is 0 Å². The van der Waals surface area contributed by atoms with Crippen LogP contribution in [0.4, 0.5) is 0 Å². The third kappa shape index (κ3) is 1.60. The third-order valence-electron chi connectivity index (χ3n) is 1.97. The molecule has 0 radical (unpaired) electrons. The van der Waals surface area contributed by atoms with Crippen molar-refractivity contribution in [2.45, 2.75) is 6.92 Å². The second-order valence-electron chi connectivity index (χ2n) is 2.89. The molecule has 2 aromatic rings. The Balaban J connectivity index is 2.69. The van der Waals surface area contributed by atoms with Crippen molar-refractivity contribution >= 4 is 26.8 Å². The van der Waals surface area contributed by atoms with Gasteiger partial charge in [0.05, 0.1) is 16.6 Å². The van der Waals surface area contributed by atoms with Gasteiger partial charge in [-0.1, -0.05) is 12.1 Å². The maximum absolute atomic E-state index is 5.56. The van der Waals surface area contributed by atoms with Gasteiger partial charge in [-0.2, -0.15) is 0 Å². The summed E-state index contributed by atoms with van der Waals surface area (Å²) in [5, 5.41) is 1.05. The van der Waals surface area contributed by atoms with Crippen LogP contribution >= 0.6 is 15.9 Å². The first kappa shape index (κ1) is 9.46. The molecule has 0 bridgehead atoms. The van der Waals surface area contributed by atoms with Crippen LogP contribution in [0.5, 0.6) is 5.75 Å². The molecule has 1 heterocycles. The predicted molar refractivity (Wildman–Crippen MR) is 60.6 cm³/mol. The zero-order valence-corrected chi connectivity index (χ0v) is 9.41. The fraction of sp³-hybridized carbons (Fsp3) is 0.182. The normalized spacial score (nSPS) is 10.4. The molecule has 3 heteroatoms. The Morgan fingerprint density at radius 1 is 1.36 bits per heavy atom. The van der Waals surface area contributed by atoms with E-state index < -0.39 is 0 Å². The first-order chi connectivity index (χ1) is 6.83. The number of nitrogens with zero attached hydrogens (tertiary/aromatic N) is 1. The van der Waals surface area contributed by atoms with Crippen molar-refractivity contribution < 1.29 is 4.74 Å². The van der Waals surface area contributed by atoms with Crippen LogP contribution in [0.2, 0.25) is 0 Å². The second kappa shape index (κ2) is 3.96. The lowest BCUT2D eigenvalue weighted by Gasteiger charge is -2.08. The summed E-state index contributed by atoms with van der Waals surface area (Å²) in [5.41, 5.74) is 0.958. The molecule has 14 heavy (non-hydrogen) atoms. The van der Waals surface area contributed by atoms with Gasteiger partial charge in [0.15, 0.2) is 0 Å². The van der Waals surface area contributed by atoms with Gasteiger partial charge in [-0.3, -0.25) is 4.98 Å². The van der Waals surface area contributed by atoms with Crippen molar-refractivity contribution in [3.8, 4) is 5.75 Å². The van der Waals surface area contributed by atoms with E-state index in [0.29, 0.717) is 6.61 Å². The number of halogens is 1. The first-order valence-corrected chi connectivity index (χ1v) is 5.28. The van der Waals surface area contributed by atoms with E-state index in [-0.39, 0.29) is 0 Å². The average Bonchev–Trinajstić information content (AvgIpc) is 2.23. The Hall–Kier alpha value is -1.09. The molecule has 0 fully saturated rings. The lowest BCUT2D eigenvalue weighted by molar-refractivity contribution is 0.342. The number of benzene rings is 1. The van der Waals surface area contributed by atoms with E-state index in [4.69, 9.17) is 4.74 Å². The van der Waals surface area contributed by atoms with Crippen LogP contribution in [0, 0.1) is 0 Å². The van der Waals surface area contributed by atoms with Gasteiger partial charge in [0.25, 0.3) is 0 Å². The molecule has 72 valence electrons. The summed E-state index contributed by atoms with van der Waals surface area (Å²) in [6, 6.07) is 7.94. The molecule has 0 amide bonds. The molecule has 0 aliphatic carbocycles. The van der Waals surface area contributed by atoms with E-state index in [0.717, 1.165) is 21.1 Å². The van der Waals surface area contributed by atoms with Crippen molar-refractivity contribution in [2.24, 2.45) is 0 Å². The minimum Gasteiger partial charge on any atom is -0.492 e. The van der Waals surface area contributed by atoms with Crippen molar-refractivity contribution in [1.29, 1.82) is 0 Å².